The van der Waals surface area contributed by atoms with E-state index in [1.807, 2.05) is 0 Å². The van der Waals surface area contributed by atoms with Crippen molar-refractivity contribution in [2.45, 2.75) is 12.1 Å². The molecule has 1 fully saturated rings. The van der Waals surface area contributed by atoms with E-state index in [1.54, 1.807) is 37.7 Å². The third kappa shape index (κ3) is 1.17. The number of likely N-dealkylation sites (N-methyl/N-ethyl adjacent to an activating group) is 1. The van der Waals surface area contributed by atoms with Crippen LogP contribution in [0.25, 0.3) is 0 Å². The van der Waals surface area contributed by atoms with Crippen molar-refractivity contribution in [3.05, 3.63) is 0 Å². The van der Waals surface area contributed by atoms with Crippen LogP contribution in [0.1, 0.15) is 0 Å². The average Bonchev–Trinajstić information content (AvgIpc) is 1.84. The zero-order valence-electron chi connectivity index (χ0n) is 7.90. The summed E-state index contributed by atoms with van der Waals surface area (Å²) in [4.78, 5) is 13.1. The van der Waals surface area contributed by atoms with Crippen LogP contribution < -0.4 is 0 Å². The molecule has 68 valence electrons. The molecule has 0 aromatic rings. The SMILES string of the molecule is CN(C)C1C(=O)C(=[N+](C)C)C1O. The van der Waals surface area contributed by atoms with Crippen LogP contribution in [0, 0.1) is 0 Å². The number of carbonyl (C=O) groups is 1. The van der Waals surface area contributed by atoms with Crippen LogP contribution in [0.15, 0.2) is 0 Å². The first-order chi connectivity index (χ1) is 5.46. The van der Waals surface area contributed by atoms with Crippen LogP contribution >= 0.6 is 0 Å². The van der Waals surface area contributed by atoms with E-state index < -0.39 is 6.10 Å². The molecule has 2 atom stereocenters. The van der Waals surface area contributed by atoms with Crippen LogP contribution in [0.2, 0.25) is 0 Å². The fraction of sp³-hybridized carbons (Fsp3) is 0.750. The molecule has 0 bridgehead atoms. The lowest BCUT2D eigenvalue weighted by Crippen LogP contribution is -2.65. The van der Waals surface area contributed by atoms with Crippen molar-refractivity contribution >= 4 is 11.5 Å². The lowest BCUT2D eigenvalue weighted by atomic mass is 9.83. The Balaban J connectivity index is 2.83. The van der Waals surface area contributed by atoms with Gasteiger partial charge in [0.15, 0.2) is 6.10 Å². The molecule has 0 aliphatic heterocycles. The number of Topliss-reactive ketones (excluding diaryl/α,β-unsaturated/α-hetero) is 1. The zero-order chi connectivity index (χ0) is 9.46. The summed E-state index contributed by atoms with van der Waals surface area (Å²) in [6.07, 6.45) is -0.623. The molecule has 0 aromatic heterocycles. The van der Waals surface area contributed by atoms with Gasteiger partial charge in [-0.05, 0) is 14.1 Å². The van der Waals surface area contributed by atoms with Crippen molar-refractivity contribution in [3.63, 3.8) is 0 Å². The summed E-state index contributed by atoms with van der Waals surface area (Å²) in [5, 5.41) is 9.54. The predicted molar refractivity (Wildman–Crippen MR) is 45.6 cm³/mol. The molecule has 0 amide bonds. The van der Waals surface area contributed by atoms with E-state index >= 15 is 0 Å². The van der Waals surface area contributed by atoms with Gasteiger partial charge in [0.2, 0.25) is 5.78 Å². The summed E-state index contributed by atoms with van der Waals surface area (Å²) in [7, 11) is 7.11. The second-order valence-electron chi connectivity index (χ2n) is 3.50. The molecule has 1 aliphatic rings. The van der Waals surface area contributed by atoms with Gasteiger partial charge in [0.05, 0.1) is 0 Å². The summed E-state index contributed by atoms with van der Waals surface area (Å²) in [5.41, 5.74) is 0.508. The first-order valence-corrected chi connectivity index (χ1v) is 3.89. The third-order valence-corrected chi connectivity index (χ3v) is 2.14. The number of nitrogens with zero attached hydrogens (tertiary/aromatic N) is 2. The molecule has 0 saturated heterocycles. The molecule has 12 heavy (non-hydrogen) atoms. The molecule has 2 unspecified atom stereocenters. The lowest BCUT2D eigenvalue weighted by molar-refractivity contribution is -0.468. The van der Waals surface area contributed by atoms with Gasteiger partial charge in [-0.3, -0.25) is 9.69 Å². The molecule has 1 N–H and O–H groups in total. The second-order valence-corrected chi connectivity index (χ2v) is 3.50. The average molecular weight is 171 g/mol. The number of carbonyl (C=O) groups excluding carboxylic acids is 1. The van der Waals surface area contributed by atoms with E-state index in [1.165, 1.54) is 0 Å². The van der Waals surface area contributed by atoms with Crippen molar-refractivity contribution in [1.82, 2.24) is 4.90 Å². The molecule has 0 radical (unpaired) electrons. The molecule has 0 heterocycles. The standard InChI is InChI=1S/C8H15N2O2/c1-9(2)5-7(11)6(8(5)12)10(3)4/h5,7,11H,1-4H3/q+1. The highest BCUT2D eigenvalue weighted by Gasteiger charge is 2.52. The number of hydrogen-bond donors (Lipinski definition) is 1. The highest BCUT2D eigenvalue weighted by Crippen LogP contribution is 2.16. The molecule has 1 saturated carbocycles. The Labute approximate surface area is 72.1 Å². The van der Waals surface area contributed by atoms with Gasteiger partial charge < -0.3 is 5.11 Å². The zero-order valence-corrected chi connectivity index (χ0v) is 7.90. The minimum absolute atomic E-state index is 0.0255. The molecule has 4 heteroatoms. The van der Waals surface area contributed by atoms with Gasteiger partial charge in [0.1, 0.15) is 20.1 Å². The first-order valence-electron chi connectivity index (χ1n) is 3.89. The van der Waals surface area contributed by atoms with Crippen LogP contribution in [0.5, 0.6) is 0 Å². The summed E-state index contributed by atoms with van der Waals surface area (Å²) < 4.78 is 1.67. The third-order valence-electron chi connectivity index (χ3n) is 2.14. The molecular weight excluding hydrogens is 156 g/mol. The van der Waals surface area contributed by atoms with E-state index in [-0.39, 0.29) is 11.8 Å². The topological polar surface area (TPSA) is 43.5 Å². The highest BCUT2D eigenvalue weighted by atomic mass is 16.3. The highest BCUT2D eigenvalue weighted by molar-refractivity contribution is 6.48. The largest absolute Gasteiger partial charge is 0.380 e. The van der Waals surface area contributed by atoms with Crippen LogP contribution in [0.4, 0.5) is 0 Å². The van der Waals surface area contributed by atoms with E-state index in [9.17, 15) is 9.90 Å². The Morgan fingerprint density at radius 3 is 2.17 bits per heavy atom. The Morgan fingerprint density at radius 2 is 1.92 bits per heavy atom. The van der Waals surface area contributed by atoms with Crippen molar-refractivity contribution in [3.8, 4) is 0 Å². The second kappa shape index (κ2) is 2.95. The Morgan fingerprint density at radius 1 is 1.42 bits per heavy atom. The summed E-state index contributed by atoms with van der Waals surface area (Å²) >= 11 is 0. The maximum atomic E-state index is 11.4. The predicted octanol–water partition coefficient (Wildman–Crippen LogP) is -1.43. The molecule has 1 aliphatic carbocycles. The van der Waals surface area contributed by atoms with Crippen molar-refractivity contribution in [1.29, 1.82) is 0 Å². The Kier molecular flexibility index (Phi) is 2.30. The van der Waals surface area contributed by atoms with Gasteiger partial charge in [-0.1, -0.05) is 0 Å². The number of ketones is 1. The molecule has 1 rings (SSSR count). The number of aliphatic hydroxyl groups excluding tert-OH is 1. The summed E-state index contributed by atoms with van der Waals surface area (Å²) in [6.45, 7) is 0. The lowest BCUT2D eigenvalue weighted by Gasteiger charge is -2.34. The van der Waals surface area contributed by atoms with Gasteiger partial charge >= 0.3 is 0 Å². The summed E-state index contributed by atoms with van der Waals surface area (Å²) in [6, 6.07) is -0.345. The first kappa shape index (κ1) is 9.35. The van der Waals surface area contributed by atoms with E-state index in [0.717, 1.165) is 0 Å². The molecular formula is C8H15N2O2+. The minimum Gasteiger partial charge on any atom is -0.380 e. The van der Waals surface area contributed by atoms with E-state index in [4.69, 9.17) is 0 Å². The van der Waals surface area contributed by atoms with Crippen molar-refractivity contribution in [2.24, 2.45) is 0 Å². The fourth-order valence-electron chi connectivity index (χ4n) is 1.50. The molecule has 0 aromatic carbocycles. The normalized spacial score (nSPS) is 29.2. The number of hydrogen-bond acceptors (Lipinski definition) is 3. The van der Waals surface area contributed by atoms with Gasteiger partial charge in [-0.25, -0.2) is 4.58 Å². The van der Waals surface area contributed by atoms with E-state index in [2.05, 4.69) is 0 Å². The molecule has 0 spiro atoms. The summed E-state index contributed by atoms with van der Waals surface area (Å²) in [5.74, 6) is 0.0255. The van der Waals surface area contributed by atoms with Gasteiger partial charge in [-0.2, -0.15) is 0 Å². The van der Waals surface area contributed by atoms with Crippen molar-refractivity contribution in [2.75, 3.05) is 28.2 Å². The quantitative estimate of drug-likeness (QED) is 0.492. The van der Waals surface area contributed by atoms with Crippen LogP contribution in [-0.4, -0.2) is 66.4 Å². The molecule has 4 nitrogen and oxygen atoms in total. The van der Waals surface area contributed by atoms with Gasteiger partial charge in [0, 0.05) is 0 Å². The van der Waals surface area contributed by atoms with Gasteiger partial charge in [-0.15, -0.1) is 0 Å². The number of rotatable bonds is 1. The maximum absolute atomic E-state index is 11.4. The van der Waals surface area contributed by atoms with E-state index in [0.29, 0.717) is 5.71 Å². The minimum atomic E-state index is -0.623. The Hall–Kier alpha value is -0.740. The smallest absolute Gasteiger partial charge is 0.251 e. The Bertz CT molecular complexity index is 241. The van der Waals surface area contributed by atoms with Gasteiger partial charge in [0.25, 0.3) is 5.71 Å². The number of aliphatic hydroxyl groups is 1. The maximum Gasteiger partial charge on any atom is 0.251 e. The van der Waals surface area contributed by atoms with Crippen LogP contribution in [-0.2, 0) is 4.79 Å². The van der Waals surface area contributed by atoms with Crippen LogP contribution in [0.3, 0.4) is 0 Å². The fourth-order valence-corrected chi connectivity index (χ4v) is 1.50. The van der Waals surface area contributed by atoms with Crippen molar-refractivity contribution < 1.29 is 14.5 Å². The monoisotopic (exact) mass is 171 g/mol.